The lowest BCUT2D eigenvalue weighted by molar-refractivity contribution is -0.133. The number of benzene rings is 1. The van der Waals surface area contributed by atoms with Crippen LogP contribution in [0.4, 0.5) is 0 Å². The molecule has 1 fully saturated rings. The standard InChI is InChI=1S/C18H25N3O/c1-4-13-7-8-14-15(11-13)20-18(19-14)16-6-5-9-21(16)17(22)10-12(2)3/h7-8,11-12,16H,4-6,9-10H2,1-3H3,(H,19,20). The molecule has 0 spiro atoms. The Morgan fingerprint density at radius 1 is 1.45 bits per heavy atom. The summed E-state index contributed by atoms with van der Waals surface area (Å²) in [4.78, 5) is 22.6. The molecule has 118 valence electrons. The fourth-order valence-electron chi connectivity index (χ4n) is 3.27. The Kier molecular flexibility index (Phi) is 4.19. The third-order valence-electron chi connectivity index (χ3n) is 4.44. The van der Waals surface area contributed by atoms with Gasteiger partial charge in [0.05, 0.1) is 17.1 Å². The molecule has 4 heteroatoms. The minimum absolute atomic E-state index is 0.115. The number of hydrogen-bond acceptors (Lipinski definition) is 2. The molecule has 0 saturated carbocycles. The predicted octanol–water partition coefficient (Wildman–Crippen LogP) is 3.83. The van der Waals surface area contributed by atoms with E-state index in [4.69, 9.17) is 4.98 Å². The fourth-order valence-corrected chi connectivity index (χ4v) is 3.27. The molecule has 1 aromatic carbocycles. The minimum Gasteiger partial charge on any atom is -0.340 e. The summed E-state index contributed by atoms with van der Waals surface area (Å²) >= 11 is 0. The molecule has 1 atom stereocenters. The van der Waals surface area contributed by atoms with Crippen LogP contribution < -0.4 is 0 Å². The minimum atomic E-state index is 0.115. The van der Waals surface area contributed by atoms with Gasteiger partial charge in [0, 0.05) is 13.0 Å². The van der Waals surface area contributed by atoms with E-state index in [0.717, 1.165) is 42.7 Å². The van der Waals surface area contributed by atoms with E-state index >= 15 is 0 Å². The highest BCUT2D eigenvalue weighted by molar-refractivity contribution is 5.78. The Morgan fingerprint density at radius 2 is 2.27 bits per heavy atom. The van der Waals surface area contributed by atoms with E-state index in [1.54, 1.807) is 0 Å². The Morgan fingerprint density at radius 3 is 3.00 bits per heavy atom. The normalized spacial score (nSPS) is 18.5. The number of aromatic amines is 1. The van der Waals surface area contributed by atoms with Gasteiger partial charge in [-0.05, 0) is 42.9 Å². The second-order valence-electron chi connectivity index (χ2n) is 6.67. The maximum Gasteiger partial charge on any atom is 0.223 e. The second-order valence-corrected chi connectivity index (χ2v) is 6.67. The fraction of sp³-hybridized carbons (Fsp3) is 0.556. The predicted molar refractivity (Wildman–Crippen MR) is 88.6 cm³/mol. The number of H-pyrrole nitrogens is 1. The third-order valence-corrected chi connectivity index (χ3v) is 4.44. The number of aryl methyl sites for hydroxylation is 1. The number of imidazole rings is 1. The van der Waals surface area contributed by atoms with E-state index in [0.29, 0.717) is 12.3 Å². The van der Waals surface area contributed by atoms with E-state index in [2.05, 4.69) is 44.0 Å². The molecular formula is C18H25N3O. The van der Waals surface area contributed by atoms with Crippen LogP contribution in [0.15, 0.2) is 18.2 Å². The quantitative estimate of drug-likeness (QED) is 0.932. The highest BCUT2D eigenvalue weighted by Crippen LogP contribution is 2.32. The summed E-state index contributed by atoms with van der Waals surface area (Å²) in [7, 11) is 0. The van der Waals surface area contributed by atoms with Crippen molar-refractivity contribution in [1.82, 2.24) is 14.9 Å². The summed E-state index contributed by atoms with van der Waals surface area (Å²) in [5, 5.41) is 0. The summed E-state index contributed by atoms with van der Waals surface area (Å²) < 4.78 is 0. The van der Waals surface area contributed by atoms with E-state index in [1.807, 2.05) is 4.90 Å². The average molecular weight is 299 g/mol. The van der Waals surface area contributed by atoms with Crippen LogP contribution in [0.2, 0.25) is 0 Å². The molecule has 2 aromatic rings. The smallest absolute Gasteiger partial charge is 0.223 e. The zero-order valence-corrected chi connectivity index (χ0v) is 13.7. The van der Waals surface area contributed by atoms with Gasteiger partial charge in [-0.2, -0.15) is 0 Å². The van der Waals surface area contributed by atoms with Crippen molar-refractivity contribution in [2.45, 2.75) is 52.5 Å². The highest BCUT2D eigenvalue weighted by Gasteiger charge is 2.32. The lowest BCUT2D eigenvalue weighted by Gasteiger charge is -2.24. The molecule has 2 heterocycles. The van der Waals surface area contributed by atoms with Crippen LogP contribution in [0.1, 0.15) is 57.5 Å². The molecule has 1 unspecified atom stereocenters. The van der Waals surface area contributed by atoms with E-state index < -0.39 is 0 Å². The zero-order valence-electron chi connectivity index (χ0n) is 13.7. The van der Waals surface area contributed by atoms with E-state index in [9.17, 15) is 4.79 Å². The van der Waals surface area contributed by atoms with Gasteiger partial charge in [0.2, 0.25) is 5.91 Å². The van der Waals surface area contributed by atoms with Crippen LogP contribution in [0, 0.1) is 5.92 Å². The Balaban J connectivity index is 1.87. The molecule has 1 saturated heterocycles. The van der Waals surface area contributed by atoms with Gasteiger partial charge in [0.25, 0.3) is 0 Å². The molecule has 3 rings (SSSR count). The summed E-state index contributed by atoms with van der Waals surface area (Å²) in [5.74, 6) is 1.60. The van der Waals surface area contributed by atoms with Gasteiger partial charge in [-0.1, -0.05) is 26.8 Å². The maximum atomic E-state index is 12.4. The van der Waals surface area contributed by atoms with Gasteiger partial charge in [-0.15, -0.1) is 0 Å². The average Bonchev–Trinajstić information content (AvgIpc) is 3.11. The number of aromatic nitrogens is 2. The Bertz CT molecular complexity index is 674. The van der Waals surface area contributed by atoms with Crippen molar-refractivity contribution in [3.8, 4) is 0 Å². The van der Waals surface area contributed by atoms with Gasteiger partial charge < -0.3 is 9.88 Å². The molecular weight excluding hydrogens is 274 g/mol. The van der Waals surface area contributed by atoms with Crippen LogP contribution in [0.3, 0.4) is 0 Å². The van der Waals surface area contributed by atoms with Crippen molar-refractivity contribution in [2.75, 3.05) is 6.54 Å². The SMILES string of the molecule is CCc1ccc2nc(C3CCCN3C(=O)CC(C)C)[nH]c2c1. The van der Waals surface area contributed by atoms with Crippen LogP contribution in [-0.2, 0) is 11.2 Å². The summed E-state index contributed by atoms with van der Waals surface area (Å²) in [6.07, 6.45) is 3.71. The molecule has 1 amide bonds. The summed E-state index contributed by atoms with van der Waals surface area (Å²) in [5.41, 5.74) is 3.38. The molecule has 1 N–H and O–H groups in total. The van der Waals surface area contributed by atoms with Crippen molar-refractivity contribution in [2.24, 2.45) is 5.92 Å². The first-order chi connectivity index (χ1) is 10.6. The van der Waals surface area contributed by atoms with Crippen LogP contribution in [-0.4, -0.2) is 27.3 Å². The topological polar surface area (TPSA) is 49.0 Å². The number of hydrogen-bond donors (Lipinski definition) is 1. The molecule has 0 aliphatic carbocycles. The monoisotopic (exact) mass is 299 g/mol. The first kappa shape index (κ1) is 15.1. The molecule has 0 radical (unpaired) electrons. The van der Waals surface area contributed by atoms with Gasteiger partial charge in [-0.25, -0.2) is 4.98 Å². The van der Waals surface area contributed by atoms with Crippen molar-refractivity contribution < 1.29 is 4.79 Å². The van der Waals surface area contributed by atoms with Crippen LogP contribution in [0.25, 0.3) is 11.0 Å². The highest BCUT2D eigenvalue weighted by atomic mass is 16.2. The van der Waals surface area contributed by atoms with E-state index in [1.165, 1.54) is 5.56 Å². The first-order valence-electron chi connectivity index (χ1n) is 8.36. The second kappa shape index (κ2) is 6.11. The molecule has 4 nitrogen and oxygen atoms in total. The number of carbonyl (C=O) groups is 1. The third kappa shape index (κ3) is 2.87. The molecule has 1 aliphatic rings. The number of rotatable bonds is 4. The summed E-state index contributed by atoms with van der Waals surface area (Å²) in [6, 6.07) is 6.48. The number of carbonyl (C=O) groups excluding carboxylic acids is 1. The summed E-state index contributed by atoms with van der Waals surface area (Å²) in [6.45, 7) is 7.20. The van der Waals surface area contributed by atoms with Gasteiger partial charge >= 0.3 is 0 Å². The maximum absolute atomic E-state index is 12.4. The van der Waals surface area contributed by atoms with Gasteiger partial charge in [0.1, 0.15) is 5.82 Å². The van der Waals surface area contributed by atoms with Gasteiger partial charge in [0.15, 0.2) is 0 Å². The zero-order chi connectivity index (χ0) is 15.7. The number of likely N-dealkylation sites (tertiary alicyclic amines) is 1. The Labute approximate surface area is 131 Å². The Hall–Kier alpha value is -1.84. The largest absolute Gasteiger partial charge is 0.340 e. The number of nitrogens with one attached hydrogen (secondary N) is 1. The van der Waals surface area contributed by atoms with Crippen molar-refractivity contribution >= 4 is 16.9 Å². The van der Waals surface area contributed by atoms with Crippen molar-refractivity contribution in [1.29, 1.82) is 0 Å². The van der Waals surface area contributed by atoms with E-state index in [-0.39, 0.29) is 11.9 Å². The molecule has 1 aromatic heterocycles. The van der Waals surface area contributed by atoms with Crippen LogP contribution >= 0.6 is 0 Å². The van der Waals surface area contributed by atoms with Crippen molar-refractivity contribution in [3.63, 3.8) is 0 Å². The first-order valence-corrected chi connectivity index (χ1v) is 8.36. The molecule has 0 bridgehead atoms. The van der Waals surface area contributed by atoms with Gasteiger partial charge in [-0.3, -0.25) is 4.79 Å². The van der Waals surface area contributed by atoms with Crippen LogP contribution in [0.5, 0.6) is 0 Å². The number of fused-ring (bicyclic) bond motifs is 1. The molecule has 22 heavy (non-hydrogen) atoms. The lowest BCUT2D eigenvalue weighted by Crippen LogP contribution is -2.31. The number of nitrogens with zero attached hydrogens (tertiary/aromatic N) is 2. The lowest BCUT2D eigenvalue weighted by atomic mass is 10.1. The van der Waals surface area contributed by atoms with Crippen molar-refractivity contribution in [3.05, 3.63) is 29.6 Å². The number of amides is 1. The molecule has 1 aliphatic heterocycles.